The van der Waals surface area contributed by atoms with Crippen LogP contribution in [0.25, 0.3) is 5.69 Å². The predicted molar refractivity (Wildman–Crippen MR) is 140 cm³/mol. The van der Waals surface area contributed by atoms with Gasteiger partial charge in [0.1, 0.15) is 5.82 Å². The number of carbonyl (C=O) groups is 2. The molecule has 2 amide bonds. The van der Waals surface area contributed by atoms with Gasteiger partial charge in [-0.05, 0) is 36.6 Å². The molecule has 1 aromatic carbocycles. The number of benzene rings is 1. The first-order chi connectivity index (χ1) is 17.1. The van der Waals surface area contributed by atoms with E-state index in [4.69, 9.17) is 0 Å². The number of anilines is 2. The first kappa shape index (κ1) is 25.6. The zero-order valence-corrected chi connectivity index (χ0v) is 21.7. The van der Waals surface area contributed by atoms with Crippen molar-refractivity contribution in [2.24, 2.45) is 5.41 Å². The second-order valence-corrected chi connectivity index (χ2v) is 11.1. The molecule has 36 heavy (non-hydrogen) atoms. The molecule has 1 saturated heterocycles. The Bertz CT molecular complexity index is 1270. The van der Waals surface area contributed by atoms with Crippen LogP contribution in [-0.4, -0.2) is 62.9 Å². The number of amides is 2. The van der Waals surface area contributed by atoms with E-state index in [0.29, 0.717) is 29.3 Å². The highest BCUT2D eigenvalue weighted by molar-refractivity contribution is 7.99. The van der Waals surface area contributed by atoms with Gasteiger partial charge in [0.25, 0.3) is 11.8 Å². The molecule has 0 saturated carbocycles. The van der Waals surface area contributed by atoms with Crippen molar-refractivity contribution in [3.8, 4) is 5.69 Å². The highest BCUT2D eigenvalue weighted by Gasteiger charge is 2.18. The van der Waals surface area contributed by atoms with Gasteiger partial charge in [0.2, 0.25) is 0 Å². The second-order valence-electron chi connectivity index (χ2n) is 9.87. The maximum absolute atomic E-state index is 14.3. The van der Waals surface area contributed by atoms with Gasteiger partial charge in [-0.15, -0.1) is 5.10 Å². The lowest BCUT2D eigenvalue weighted by atomic mass is 9.97. The molecule has 3 heterocycles. The third-order valence-corrected chi connectivity index (χ3v) is 6.53. The SMILES string of the molecule is Cc1ncc(NC(=O)c2cc(F)cc(N3CCSCC3)c2)cc1-n1cc(C(=O)NCC(C)(C)C)nn1. The second kappa shape index (κ2) is 10.7. The van der Waals surface area contributed by atoms with Gasteiger partial charge in [0.05, 0.1) is 29.5 Å². The van der Waals surface area contributed by atoms with Gasteiger partial charge >= 0.3 is 0 Å². The van der Waals surface area contributed by atoms with Crippen LogP contribution in [0.4, 0.5) is 15.8 Å². The quantitative estimate of drug-likeness (QED) is 0.520. The van der Waals surface area contributed by atoms with Crippen molar-refractivity contribution < 1.29 is 14.0 Å². The Morgan fingerprint density at radius 2 is 1.86 bits per heavy atom. The van der Waals surface area contributed by atoms with Gasteiger partial charge in [0, 0.05) is 42.4 Å². The summed E-state index contributed by atoms with van der Waals surface area (Å²) >= 11 is 1.86. The van der Waals surface area contributed by atoms with Crippen molar-refractivity contribution in [3.63, 3.8) is 0 Å². The van der Waals surface area contributed by atoms with Crippen molar-refractivity contribution in [3.05, 3.63) is 59.4 Å². The summed E-state index contributed by atoms with van der Waals surface area (Å²) in [7, 11) is 0. The van der Waals surface area contributed by atoms with E-state index in [2.05, 4.69) is 30.8 Å². The fourth-order valence-corrected chi connectivity index (χ4v) is 4.56. The van der Waals surface area contributed by atoms with Crippen LogP contribution in [0.1, 0.15) is 47.3 Å². The third-order valence-electron chi connectivity index (χ3n) is 5.59. The third kappa shape index (κ3) is 6.39. The summed E-state index contributed by atoms with van der Waals surface area (Å²) in [6.45, 7) is 9.99. The number of thioether (sulfide) groups is 1. The van der Waals surface area contributed by atoms with Gasteiger partial charge in [0.15, 0.2) is 5.69 Å². The molecule has 9 nitrogen and oxygen atoms in total. The number of hydrogen-bond donors (Lipinski definition) is 2. The van der Waals surface area contributed by atoms with Crippen LogP contribution in [0.3, 0.4) is 0 Å². The van der Waals surface area contributed by atoms with E-state index in [1.54, 1.807) is 19.1 Å². The van der Waals surface area contributed by atoms with E-state index in [0.717, 1.165) is 24.6 Å². The number of aromatic nitrogens is 4. The number of nitrogens with zero attached hydrogens (tertiary/aromatic N) is 5. The van der Waals surface area contributed by atoms with Gasteiger partial charge in [-0.1, -0.05) is 26.0 Å². The molecule has 11 heteroatoms. The molecular weight excluding hydrogens is 481 g/mol. The standard InChI is InChI=1S/C25H30FN7O2S/c1-16-22(33-14-21(30-31-33)24(35)28-15-25(2,3)4)12-19(13-27-16)29-23(34)17-9-18(26)11-20(10-17)32-5-7-36-8-6-32/h9-14H,5-8,15H2,1-4H3,(H,28,35)(H,29,34). The number of halogens is 1. The van der Waals surface area contributed by atoms with Crippen molar-refractivity contribution in [2.75, 3.05) is 41.4 Å². The summed E-state index contributed by atoms with van der Waals surface area (Å²) in [6, 6.07) is 6.07. The fraction of sp³-hybridized carbons (Fsp3) is 0.400. The molecule has 0 radical (unpaired) electrons. The topological polar surface area (TPSA) is 105 Å². The molecule has 0 atom stereocenters. The van der Waals surface area contributed by atoms with Gasteiger partial charge in [-0.25, -0.2) is 9.07 Å². The van der Waals surface area contributed by atoms with Gasteiger partial charge < -0.3 is 15.5 Å². The highest BCUT2D eigenvalue weighted by Crippen LogP contribution is 2.24. The maximum atomic E-state index is 14.3. The molecule has 1 aliphatic heterocycles. The van der Waals surface area contributed by atoms with E-state index >= 15 is 0 Å². The largest absolute Gasteiger partial charge is 0.370 e. The van der Waals surface area contributed by atoms with E-state index in [9.17, 15) is 14.0 Å². The molecule has 0 aliphatic carbocycles. The Morgan fingerprint density at radius 3 is 2.58 bits per heavy atom. The number of aryl methyl sites for hydroxylation is 1. The summed E-state index contributed by atoms with van der Waals surface area (Å²) in [4.78, 5) is 31.8. The van der Waals surface area contributed by atoms with Crippen LogP contribution in [0, 0.1) is 18.2 Å². The molecule has 0 bridgehead atoms. The molecule has 0 unspecified atom stereocenters. The lowest BCUT2D eigenvalue weighted by molar-refractivity contribution is 0.0933. The average molecular weight is 512 g/mol. The average Bonchev–Trinajstić information content (AvgIpc) is 3.33. The molecule has 2 aromatic heterocycles. The lowest BCUT2D eigenvalue weighted by Crippen LogP contribution is -2.32. The van der Waals surface area contributed by atoms with Crippen LogP contribution in [0.15, 0.2) is 36.7 Å². The molecule has 1 fully saturated rings. The number of hydrogen-bond acceptors (Lipinski definition) is 7. The maximum Gasteiger partial charge on any atom is 0.273 e. The van der Waals surface area contributed by atoms with Crippen molar-refractivity contribution >= 4 is 35.0 Å². The minimum atomic E-state index is -0.460. The fourth-order valence-electron chi connectivity index (χ4n) is 3.66. The van der Waals surface area contributed by atoms with Crippen LogP contribution in [-0.2, 0) is 0 Å². The smallest absolute Gasteiger partial charge is 0.273 e. The molecule has 4 rings (SSSR count). The van der Waals surface area contributed by atoms with Crippen molar-refractivity contribution in [1.82, 2.24) is 25.3 Å². The molecule has 3 aromatic rings. The van der Waals surface area contributed by atoms with Crippen LogP contribution in [0.2, 0.25) is 0 Å². The van der Waals surface area contributed by atoms with Gasteiger partial charge in [-0.2, -0.15) is 11.8 Å². The minimum Gasteiger partial charge on any atom is -0.370 e. The monoisotopic (exact) mass is 511 g/mol. The lowest BCUT2D eigenvalue weighted by Gasteiger charge is -2.28. The summed E-state index contributed by atoms with van der Waals surface area (Å²) in [5, 5.41) is 13.7. The minimum absolute atomic E-state index is 0.0615. The number of rotatable bonds is 6. The summed E-state index contributed by atoms with van der Waals surface area (Å²) in [5.74, 6) is 0.717. The zero-order chi connectivity index (χ0) is 25.9. The summed E-state index contributed by atoms with van der Waals surface area (Å²) < 4.78 is 15.8. The first-order valence-corrected chi connectivity index (χ1v) is 12.9. The Kier molecular flexibility index (Phi) is 7.58. The first-order valence-electron chi connectivity index (χ1n) is 11.7. The Balaban J connectivity index is 1.50. The molecule has 190 valence electrons. The number of pyridine rings is 1. The Hall–Kier alpha value is -3.47. The number of carbonyl (C=O) groups excluding carboxylic acids is 2. The van der Waals surface area contributed by atoms with E-state index in [1.165, 1.54) is 29.2 Å². The van der Waals surface area contributed by atoms with Crippen molar-refractivity contribution in [1.29, 1.82) is 0 Å². The molecule has 1 aliphatic rings. The van der Waals surface area contributed by atoms with E-state index in [-0.39, 0.29) is 22.6 Å². The Labute approximate surface area is 213 Å². The van der Waals surface area contributed by atoms with Crippen molar-refractivity contribution in [2.45, 2.75) is 27.7 Å². The van der Waals surface area contributed by atoms with E-state index in [1.807, 2.05) is 32.5 Å². The zero-order valence-electron chi connectivity index (χ0n) is 20.8. The highest BCUT2D eigenvalue weighted by atomic mass is 32.2. The van der Waals surface area contributed by atoms with Gasteiger partial charge in [-0.3, -0.25) is 14.6 Å². The molecular formula is C25H30FN7O2S. The molecule has 0 spiro atoms. The van der Waals surface area contributed by atoms with Crippen LogP contribution >= 0.6 is 11.8 Å². The Morgan fingerprint density at radius 1 is 1.11 bits per heavy atom. The summed E-state index contributed by atoms with van der Waals surface area (Å²) in [6.07, 6.45) is 3.04. The summed E-state index contributed by atoms with van der Waals surface area (Å²) in [5.41, 5.74) is 2.64. The normalized spacial score (nSPS) is 14.0. The van der Waals surface area contributed by atoms with E-state index < -0.39 is 11.7 Å². The predicted octanol–water partition coefficient (Wildman–Crippen LogP) is 3.69. The number of nitrogens with one attached hydrogen (secondary N) is 2. The van der Waals surface area contributed by atoms with Crippen LogP contribution in [0.5, 0.6) is 0 Å². The molecule has 2 N–H and O–H groups in total. The van der Waals surface area contributed by atoms with Crippen LogP contribution < -0.4 is 15.5 Å².